The molecule has 210 valence electrons. The average molecular weight is 598 g/mol. The van der Waals surface area contributed by atoms with E-state index in [2.05, 4.69) is 9.97 Å². The summed E-state index contributed by atoms with van der Waals surface area (Å²) in [5.41, 5.74) is 2.46. The Morgan fingerprint density at radius 1 is 0.976 bits per heavy atom. The van der Waals surface area contributed by atoms with Crippen LogP contribution in [0.15, 0.2) is 96.8 Å². The Labute approximate surface area is 250 Å². The zero-order valence-electron chi connectivity index (χ0n) is 22.4. The van der Waals surface area contributed by atoms with E-state index in [9.17, 15) is 14.7 Å². The van der Waals surface area contributed by atoms with Gasteiger partial charge in [0.2, 0.25) is 0 Å². The van der Waals surface area contributed by atoms with Gasteiger partial charge in [-0.15, -0.1) is 0 Å². The molecule has 0 aliphatic carbocycles. The van der Waals surface area contributed by atoms with E-state index in [-0.39, 0.29) is 11.3 Å². The summed E-state index contributed by atoms with van der Waals surface area (Å²) < 4.78 is 12.8. The SMILES string of the molecule is CCOc1cc(C2C(=C(O)c3ccncc3)C(=O)C(=O)N2c2nc3ccc(Cl)cc3s2)ccc1OCc1ccccc1. The summed E-state index contributed by atoms with van der Waals surface area (Å²) in [6.45, 7) is 2.55. The number of carbonyl (C=O) groups excluding carboxylic acids is 2. The molecule has 10 heteroatoms. The second-order valence-electron chi connectivity index (χ2n) is 9.43. The molecule has 0 radical (unpaired) electrons. The maximum absolute atomic E-state index is 13.6. The standard InChI is InChI=1S/C32H24ClN3O5S/c1-2-40-25-16-21(8-11-24(25)41-18-19-6-4-3-5-7-19)28-27(29(37)20-12-14-34-15-13-20)30(38)31(39)36(28)32-35-23-10-9-22(33)17-26(23)42-32/h3-17,28,37H,2,18H2,1H3. The molecule has 3 aromatic carbocycles. The fourth-order valence-corrected chi connectivity index (χ4v) is 6.09. The number of hydrogen-bond acceptors (Lipinski definition) is 8. The summed E-state index contributed by atoms with van der Waals surface area (Å²) >= 11 is 7.43. The smallest absolute Gasteiger partial charge is 0.301 e. The van der Waals surface area contributed by atoms with E-state index in [1.807, 2.05) is 37.3 Å². The predicted octanol–water partition coefficient (Wildman–Crippen LogP) is 6.95. The Hall–Kier alpha value is -4.73. The van der Waals surface area contributed by atoms with Gasteiger partial charge in [0, 0.05) is 23.0 Å². The average Bonchev–Trinajstić information content (AvgIpc) is 3.54. The lowest BCUT2D eigenvalue weighted by atomic mass is 9.95. The van der Waals surface area contributed by atoms with E-state index in [1.54, 1.807) is 48.5 Å². The first-order chi connectivity index (χ1) is 20.4. The van der Waals surface area contributed by atoms with Crippen LogP contribution in [0.25, 0.3) is 16.0 Å². The Morgan fingerprint density at radius 3 is 2.52 bits per heavy atom. The van der Waals surface area contributed by atoms with Crippen molar-refractivity contribution in [2.24, 2.45) is 0 Å². The van der Waals surface area contributed by atoms with E-state index < -0.39 is 17.7 Å². The Morgan fingerprint density at radius 2 is 1.76 bits per heavy atom. The number of amides is 1. The fourth-order valence-electron chi connectivity index (χ4n) is 4.82. The van der Waals surface area contributed by atoms with Gasteiger partial charge in [0.1, 0.15) is 12.4 Å². The molecule has 0 saturated carbocycles. The van der Waals surface area contributed by atoms with Crippen LogP contribution in [0.5, 0.6) is 11.5 Å². The van der Waals surface area contributed by atoms with Crippen LogP contribution < -0.4 is 14.4 Å². The molecule has 3 heterocycles. The first-order valence-corrected chi connectivity index (χ1v) is 14.3. The van der Waals surface area contributed by atoms with Crippen molar-refractivity contribution in [3.63, 3.8) is 0 Å². The van der Waals surface area contributed by atoms with Crippen LogP contribution >= 0.6 is 22.9 Å². The second kappa shape index (κ2) is 11.6. The second-order valence-corrected chi connectivity index (χ2v) is 10.9. The number of pyridine rings is 1. The Bertz CT molecular complexity index is 1820. The highest BCUT2D eigenvalue weighted by Crippen LogP contribution is 2.46. The molecule has 1 amide bonds. The summed E-state index contributed by atoms with van der Waals surface area (Å²) in [7, 11) is 0. The summed E-state index contributed by atoms with van der Waals surface area (Å²) in [6.07, 6.45) is 3.01. The molecule has 42 heavy (non-hydrogen) atoms. The van der Waals surface area contributed by atoms with Crippen LogP contribution in [-0.4, -0.2) is 33.4 Å². The van der Waals surface area contributed by atoms with Crippen molar-refractivity contribution in [1.29, 1.82) is 0 Å². The molecule has 0 bridgehead atoms. The van der Waals surface area contributed by atoms with Gasteiger partial charge < -0.3 is 14.6 Å². The number of carbonyl (C=O) groups is 2. The highest BCUT2D eigenvalue weighted by atomic mass is 35.5. The van der Waals surface area contributed by atoms with Gasteiger partial charge >= 0.3 is 5.91 Å². The number of nitrogens with zero attached hydrogens (tertiary/aromatic N) is 3. The Kier molecular flexibility index (Phi) is 7.60. The van der Waals surface area contributed by atoms with Crippen molar-refractivity contribution < 1.29 is 24.2 Å². The number of anilines is 1. The van der Waals surface area contributed by atoms with E-state index in [4.69, 9.17) is 21.1 Å². The highest BCUT2D eigenvalue weighted by molar-refractivity contribution is 7.22. The van der Waals surface area contributed by atoms with E-state index in [1.165, 1.54) is 28.6 Å². The van der Waals surface area contributed by atoms with Crippen molar-refractivity contribution in [2.75, 3.05) is 11.5 Å². The number of aliphatic hydroxyl groups excluding tert-OH is 1. The number of fused-ring (bicyclic) bond motifs is 1. The number of ether oxygens (including phenoxy) is 2. The molecule has 8 nitrogen and oxygen atoms in total. The van der Waals surface area contributed by atoms with Crippen molar-refractivity contribution >= 4 is 55.7 Å². The van der Waals surface area contributed by atoms with Crippen molar-refractivity contribution in [3.8, 4) is 11.5 Å². The molecule has 2 aromatic heterocycles. The molecule has 1 unspecified atom stereocenters. The minimum Gasteiger partial charge on any atom is -0.507 e. The molecule has 0 spiro atoms. The number of rotatable bonds is 8. The molecule has 1 atom stereocenters. The van der Waals surface area contributed by atoms with Gasteiger partial charge in [0.25, 0.3) is 5.78 Å². The van der Waals surface area contributed by atoms with Crippen molar-refractivity contribution in [2.45, 2.75) is 19.6 Å². The van der Waals surface area contributed by atoms with Gasteiger partial charge in [0.15, 0.2) is 16.6 Å². The van der Waals surface area contributed by atoms with Crippen LogP contribution in [0.1, 0.15) is 29.7 Å². The van der Waals surface area contributed by atoms with Gasteiger partial charge in [-0.3, -0.25) is 19.5 Å². The monoisotopic (exact) mass is 597 g/mol. The number of thiazole rings is 1. The summed E-state index contributed by atoms with van der Waals surface area (Å²) in [4.78, 5) is 37.2. The number of benzene rings is 3. The first-order valence-electron chi connectivity index (χ1n) is 13.2. The van der Waals surface area contributed by atoms with Gasteiger partial charge in [-0.25, -0.2) is 4.98 Å². The summed E-state index contributed by atoms with van der Waals surface area (Å²) in [5, 5.41) is 12.2. The maximum atomic E-state index is 13.6. The van der Waals surface area contributed by atoms with Crippen LogP contribution in [0.4, 0.5) is 5.13 Å². The molecule has 1 fully saturated rings. The molecule has 1 saturated heterocycles. The van der Waals surface area contributed by atoms with Crippen molar-refractivity contribution in [3.05, 3.63) is 119 Å². The Balaban J connectivity index is 1.48. The predicted molar refractivity (Wildman–Crippen MR) is 162 cm³/mol. The van der Waals surface area contributed by atoms with Crippen LogP contribution in [0.3, 0.4) is 0 Å². The molecule has 6 rings (SSSR count). The quantitative estimate of drug-likeness (QED) is 0.117. The zero-order chi connectivity index (χ0) is 29.2. The fraction of sp³-hybridized carbons (Fsp3) is 0.125. The summed E-state index contributed by atoms with van der Waals surface area (Å²) in [5.74, 6) is -0.992. The lowest BCUT2D eigenvalue weighted by molar-refractivity contribution is -0.132. The molecule has 1 N–H and O–H groups in total. The largest absolute Gasteiger partial charge is 0.507 e. The van der Waals surface area contributed by atoms with Crippen LogP contribution in [-0.2, 0) is 16.2 Å². The maximum Gasteiger partial charge on any atom is 0.301 e. The molecular formula is C32H24ClN3O5S. The minimum atomic E-state index is -0.989. The van der Waals surface area contributed by atoms with E-state index in [0.29, 0.717) is 51.5 Å². The van der Waals surface area contributed by atoms with Gasteiger partial charge in [0.05, 0.1) is 28.4 Å². The van der Waals surface area contributed by atoms with Gasteiger partial charge in [-0.05, 0) is 60.5 Å². The zero-order valence-corrected chi connectivity index (χ0v) is 23.9. The first kappa shape index (κ1) is 27.4. The van der Waals surface area contributed by atoms with Gasteiger partial charge in [-0.2, -0.15) is 0 Å². The van der Waals surface area contributed by atoms with Crippen LogP contribution in [0, 0.1) is 0 Å². The lowest BCUT2D eigenvalue weighted by Gasteiger charge is -2.24. The number of aromatic nitrogens is 2. The lowest BCUT2D eigenvalue weighted by Crippen LogP contribution is -2.29. The highest BCUT2D eigenvalue weighted by Gasteiger charge is 2.48. The van der Waals surface area contributed by atoms with Crippen molar-refractivity contribution in [1.82, 2.24) is 9.97 Å². The number of Topliss-reactive ketones (excluding diaryl/α,β-unsaturated/α-hetero) is 1. The summed E-state index contributed by atoms with van der Waals surface area (Å²) in [6, 6.07) is 22.4. The molecular weight excluding hydrogens is 574 g/mol. The molecule has 5 aromatic rings. The third-order valence-corrected chi connectivity index (χ3v) is 8.02. The number of ketones is 1. The van der Waals surface area contributed by atoms with Crippen LogP contribution in [0.2, 0.25) is 5.02 Å². The number of halogens is 1. The number of hydrogen-bond donors (Lipinski definition) is 1. The minimum absolute atomic E-state index is 0.0658. The van der Waals surface area contributed by atoms with E-state index >= 15 is 0 Å². The topological polar surface area (TPSA) is 102 Å². The normalized spacial score (nSPS) is 16.2. The third kappa shape index (κ3) is 5.20. The third-order valence-electron chi connectivity index (χ3n) is 6.76. The molecule has 1 aliphatic rings. The molecule has 1 aliphatic heterocycles. The number of aliphatic hydroxyl groups is 1. The van der Waals surface area contributed by atoms with E-state index in [0.717, 1.165) is 10.3 Å². The van der Waals surface area contributed by atoms with Gasteiger partial charge in [-0.1, -0.05) is 59.3 Å².